The highest BCUT2D eigenvalue weighted by atomic mass is 32.2. The van der Waals surface area contributed by atoms with Crippen LogP contribution in [0.2, 0.25) is 0 Å². The molecule has 0 amide bonds. The average Bonchev–Trinajstić information content (AvgIpc) is 2.56. The molecule has 23 heavy (non-hydrogen) atoms. The van der Waals surface area contributed by atoms with Crippen molar-refractivity contribution in [3.63, 3.8) is 0 Å². The number of hydrogen-bond acceptors (Lipinski definition) is 4. The Hall–Kier alpha value is -1.18. The predicted molar refractivity (Wildman–Crippen MR) is 87.8 cm³/mol. The zero-order valence-corrected chi connectivity index (χ0v) is 15.0. The van der Waals surface area contributed by atoms with Crippen molar-refractivity contribution < 1.29 is 17.5 Å². The van der Waals surface area contributed by atoms with E-state index in [0.717, 1.165) is 32.5 Å². The van der Waals surface area contributed by atoms with E-state index in [1.807, 2.05) is 0 Å². The van der Waals surface area contributed by atoms with Gasteiger partial charge in [-0.05, 0) is 51.5 Å². The lowest BCUT2D eigenvalue weighted by molar-refractivity contribution is 0.176. The van der Waals surface area contributed by atoms with Crippen molar-refractivity contribution in [2.75, 3.05) is 33.8 Å². The van der Waals surface area contributed by atoms with Crippen molar-refractivity contribution in [3.8, 4) is 5.75 Å². The molecule has 0 aromatic heterocycles. The Balaban J connectivity index is 2.26. The van der Waals surface area contributed by atoms with Crippen molar-refractivity contribution in [3.05, 3.63) is 23.5 Å². The second-order valence-electron chi connectivity index (χ2n) is 5.89. The minimum Gasteiger partial charge on any atom is -0.494 e. The van der Waals surface area contributed by atoms with Crippen LogP contribution in [0.1, 0.15) is 25.3 Å². The van der Waals surface area contributed by atoms with Gasteiger partial charge >= 0.3 is 0 Å². The summed E-state index contributed by atoms with van der Waals surface area (Å²) in [7, 11) is -0.774. The van der Waals surface area contributed by atoms with Crippen LogP contribution in [0.4, 0.5) is 4.39 Å². The van der Waals surface area contributed by atoms with E-state index in [1.165, 1.54) is 30.5 Å². The van der Waals surface area contributed by atoms with Gasteiger partial charge in [-0.2, -0.15) is 4.31 Å². The summed E-state index contributed by atoms with van der Waals surface area (Å²) in [5, 5.41) is 0. The van der Waals surface area contributed by atoms with E-state index in [9.17, 15) is 12.8 Å². The second kappa shape index (κ2) is 7.15. The van der Waals surface area contributed by atoms with Crippen LogP contribution >= 0.6 is 0 Å². The summed E-state index contributed by atoms with van der Waals surface area (Å²) >= 11 is 0. The molecule has 1 aromatic carbocycles. The molecule has 130 valence electrons. The van der Waals surface area contributed by atoms with Crippen molar-refractivity contribution in [2.45, 2.75) is 37.6 Å². The molecular weight excluding hydrogens is 319 g/mol. The molecule has 1 saturated heterocycles. The monoisotopic (exact) mass is 344 g/mol. The van der Waals surface area contributed by atoms with Crippen LogP contribution in [0.25, 0.3) is 0 Å². The number of hydrogen-bond donors (Lipinski definition) is 0. The first kappa shape index (κ1) is 18.2. The normalized spacial score (nSPS) is 17.7. The molecule has 0 spiro atoms. The van der Waals surface area contributed by atoms with Gasteiger partial charge in [0.1, 0.15) is 0 Å². The fourth-order valence-corrected chi connectivity index (χ4v) is 4.66. The summed E-state index contributed by atoms with van der Waals surface area (Å²) < 4.78 is 46.2. The van der Waals surface area contributed by atoms with Gasteiger partial charge in [-0.15, -0.1) is 0 Å². The Bertz CT molecular complexity index is 656. The largest absolute Gasteiger partial charge is 0.494 e. The SMILES string of the molecule is CCN1CCC(N(C)S(=O)(=O)c2ccc(OC)c(F)c2C)CC1. The number of benzene rings is 1. The first-order chi connectivity index (χ1) is 10.8. The first-order valence-electron chi connectivity index (χ1n) is 7.86. The zero-order valence-electron chi connectivity index (χ0n) is 14.2. The van der Waals surface area contributed by atoms with Crippen molar-refractivity contribution in [1.82, 2.24) is 9.21 Å². The molecule has 0 unspecified atom stereocenters. The molecule has 0 bridgehead atoms. The van der Waals surface area contributed by atoms with Gasteiger partial charge in [-0.1, -0.05) is 6.92 Å². The third kappa shape index (κ3) is 3.51. The van der Waals surface area contributed by atoms with Crippen LogP contribution in [0.15, 0.2) is 17.0 Å². The number of sulfonamides is 1. The maximum Gasteiger partial charge on any atom is 0.243 e. The summed E-state index contributed by atoms with van der Waals surface area (Å²) in [4.78, 5) is 2.31. The maximum atomic E-state index is 14.2. The fourth-order valence-electron chi connectivity index (χ4n) is 3.03. The number of nitrogens with zero attached hydrogens (tertiary/aromatic N) is 2. The molecule has 0 N–H and O–H groups in total. The van der Waals surface area contributed by atoms with Crippen LogP contribution < -0.4 is 4.74 Å². The lowest BCUT2D eigenvalue weighted by atomic mass is 10.1. The van der Waals surface area contributed by atoms with Gasteiger partial charge in [0.05, 0.1) is 12.0 Å². The molecule has 7 heteroatoms. The highest BCUT2D eigenvalue weighted by Gasteiger charge is 2.32. The predicted octanol–water partition coefficient (Wildman–Crippen LogP) is 2.25. The lowest BCUT2D eigenvalue weighted by Gasteiger charge is -2.35. The van der Waals surface area contributed by atoms with E-state index >= 15 is 0 Å². The van der Waals surface area contributed by atoms with Crippen LogP contribution in [-0.4, -0.2) is 57.5 Å². The molecule has 0 atom stereocenters. The molecular formula is C16H25FN2O3S. The van der Waals surface area contributed by atoms with Gasteiger partial charge in [0.2, 0.25) is 10.0 Å². The summed E-state index contributed by atoms with van der Waals surface area (Å²) in [5.41, 5.74) is 0.0993. The minimum absolute atomic E-state index is 0.0104. The molecule has 0 saturated carbocycles. The van der Waals surface area contributed by atoms with E-state index in [0.29, 0.717) is 0 Å². The third-order valence-corrected chi connectivity index (χ3v) is 6.75. The topological polar surface area (TPSA) is 49.9 Å². The van der Waals surface area contributed by atoms with Gasteiger partial charge in [-0.25, -0.2) is 12.8 Å². The van der Waals surface area contributed by atoms with Gasteiger partial charge in [0.15, 0.2) is 11.6 Å². The molecule has 2 rings (SSSR count). The summed E-state index contributed by atoms with van der Waals surface area (Å²) in [6.45, 7) is 6.32. The molecule has 1 aliphatic rings. The summed E-state index contributed by atoms with van der Waals surface area (Å²) in [5.74, 6) is -0.567. The number of rotatable bonds is 5. The average molecular weight is 344 g/mol. The quantitative estimate of drug-likeness (QED) is 0.822. The van der Waals surface area contributed by atoms with Gasteiger partial charge in [-0.3, -0.25) is 0 Å². The summed E-state index contributed by atoms with van der Waals surface area (Å²) in [6, 6.07) is 2.74. The Morgan fingerprint density at radius 1 is 1.35 bits per heavy atom. The second-order valence-corrected chi connectivity index (χ2v) is 7.86. The van der Waals surface area contributed by atoms with E-state index in [2.05, 4.69) is 11.8 Å². The number of halogens is 1. The molecule has 0 radical (unpaired) electrons. The lowest BCUT2D eigenvalue weighted by Crippen LogP contribution is -2.45. The number of methoxy groups -OCH3 is 1. The van der Waals surface area contributed by atoms with Crippen molar-refractivity contribution >= 4 is 10.0 Å². The van der Waals surface area contributed by atoms with Gasteiger partial charge in [0, 0.05) is 18.7 Å². The number of piperidine rings is 1. The maximum absolute atomic E-state index is 14.2. The molecule has 1 fully saturated rings. The van der Waals surface area contributed by atoms with E-state index < -0.39 is 15.8 Å². The Morgan fingerprint density at radius 3 is 2.48 bits per heavy atom. The highest BCUT2D eigenvalue weighted by molar-refractivity contribution is 7.89. The standard InChI is InChI=1S/C16H25FN2O3S/c1-5-19-10-8-13(9-11-19)18(3)23(20,21)15-7-6-14(22-4)16(17)12(15)2/h6-7,13H,5,8-11H2,1-4H3. The molecule has 1 aliphatic heterocycles. The fraction of sp³-hybridized carbons (Fsp3) is 0.625. The molecule has 1 aromatic rings. The Labute approximate surface area is 138 Å². The molecule has 5 nitrogen and oxygen atoms in total. The third-order valence-electron chi connectivity index (χ3n) is 4.70. The zero-order chi connectivity index (χ0) is 17.2. The van der Waals surface area contributed by atoms with Crippen LogP contribution in [0, 0.1) is 12.7 Å². The summed E-state index contributed by atoms with van der Waals surface area (Å²) in [6.07, 6.45) is 1.59. The minimum atomic E-state index is -3.72. The van der Waals surface area contributed by atoms with Gasteiger partial charge in [0.25, 0.3) is 0 Å². The smallest absolute Gasteiger partial charge is 0.243 e. The molecule has 0 aliphatic carbocycles. The van der Waals surface area contributed by atoms with Gasteiger partial charge < -0.3 is 9.64 Å². The molecule has 1 heterocycles. The van der Waals surface area contributed by atoms with Crippen molar-refractivity contribution in [1.29, 1.82) is 0 Å². The van der Waals surface area contributed by atoms with Crippen LogP contribution in [0.5, 0.6) is 5.75 Å². The van der Waals surface area contributed by atoms with Crippen LogP contribution in [0.3, 0.4) is 0 Å². The Kier molecular flexibility index (Phi) is 5.65. The Morgan fingerprint density at radius 2 is 1.96 bits per heavy atom. The van der Waals surface area contributed by atoms with E-state index in [4.69, 9.17) is 4.74 Å². The van der Waals surface area contributed by atoms with Crippen LogP contribution in [-0.2, 0) is 10.0 Å². The van der Waals surface area contributed by atoms with Crippen molar-refractivity contribution in [2.24, 2.45) is 0 Å². The highest BCUT2D eigenvalue weighted by Crippen LogP contribution is 2.29. The van der Waals surface area contributed by atoms with E-state index in [1.54, 1.807) is 7.05 Å². The first-order valence-corrected chi connectivity index (χ1v) is 9.30. The number of ether oxygens (including phenoxy) is 1. The van der Waals surface area contributed by atoms with E-state index in [-0.39, 0.29) is 22.3 Å². The number of likely N-dealkylation sites (tertiary alicyclic amines) is 1.